The molecule has 86 valence electrons. The second-order valence-electron chi connectivity index (χ2n) is 5.22. The lowest BCUT2D eigenvalue weighted by atomic mass is 9.93. The number of hydrogen-bond acceptors (Lipinski definition) is 2. The van der Waals surface area contributed by atoms with Crippen LogP contribution >= 0.6 is 0 Å². The van der Waals surface area contributed by atoms with Gasteiger partial charge < -0.3 is 10.1 Å². The lowest BCUT2D eigenvalue weighted by Crippen LogP contribution is -2.51. The fraction of sp³-hybridized carbons (Fsp3) is 0.571. The average molecular weight is 217 g/mol. The summed E-state index contributed by atoms with van der Waals surface area (Å²) < 4.78 is 6.32. The third kappa shape index (κ3) is 1.87. The predicted octanol–water partition coefficient (Wildman–Crippen LogP) is 2.30. The van der Waals surface area contributed by atoms with Crippen LogP contribution in [0.25, 0.3) is 0 Å². The van der Waals surface area contributed by atoms with Crippen molar-refractivity contribution in [3.63, 3.8) is 0 Å². The van der Waals surface area contributed by atoms with E-state index in [0.29, 0.717) is 6.10 Å². The molecule has 0 radical (unpaired) electrons. The normalized spacial score (nSPS) is 34.9. The van der Waals surface area contributed by atoms with Crippen molar-refractivity contribution in [3.05, 3.63) is 35.9 Å². The van der Waals surface area contributed by atoms with Gasteiger partial charge in [0.15, 0.2) is 0 Å². The maximum absolute atomic E-state index is 6.32. The molecule has 1 N–H and O–H groups in total. The van der Waals surface area contributed by atoms with Gasteiger partial charge in [-0.25, -0.2) is 0 Å². The Morgan fingerprint density at radius 1 is 1.25 bits per heavy atom. The first kappa shape index (κ1) is 10.3. The summed E-state index contributed by atoms with van der Waals surface area (Å²) in [4.78, 5) is 0. The van der Waals surface area contributed by atoms with Gasteiger partial charge in [-0.1, -0.05) is 30.3 Å². The molecule has 0 aromatic heterocycles. The number of nitrogens with one attached hydrogen (secondary N) is 1. The number of rotatable bonds is 2. The fourth-order valence-electron chi connectivity index (χ4n) is 2.56. The quantitative estimate of drug-likeness (QED) is 0.820. The molecule has 1 aromatic rings. The molecule has 2 atom stereocenters. The van der Waals surface area contributed by atoms with Crippen LogP contribution in [0.2, 0.25) is 0 Å². The zero-order valence-corrected chi connectivity index (χ0v) is 9.78. The summed E-state index contributed by atoms with van der Waals surface area (Å²) >= 11 is 0. The summed E-state index contributed by atoms with van der Waals surface area (Å²) in [5.41, 5.74) is 1.14. The average Bonchev–Trinajstić information content (AvgIpc) is 3.14. The Morgan fingerprint density at radius 2 is 2.00 bits per heavy atom. The molecule has 1 saturated carbocycles. The van der Waals surface area contributed by atoms with Crippen molar-refractivity contribution in [2.75, 3.05) is 13.1 Å². The van der Waals surface area contributed by atoms with Crippen LogP contribution in [0.4, 0.5) is 0 Å². The Bertz CT molecular complexity index is 360. The highest BCUT2D eigenvalue weighted by atomic mass is 16.5. The van der Waals surface area contributed by atoms with Crippen molar-refractivity contribution in [1.82, 2.24) is 5.32 Å². The maximum atomic E-state index is 6.32. The zero-order chi connectivity index (χ0) is 11.0. The molecule has 1 saturated heterocycles. The Labute approximate surface area is 97.0 Å². The van der Waals surface area contributed by atoms with E-state index in [0.717, 1.165) is 19.0 Å². The molecule has 1 aliphatic heterocycles. The van der Waals surface area contributed by atoms with E-state index >= 15 is 0 Å². The molecule has 2 unspecified atom stereocenters. The van der Waals surface area contributed by atoms with Gasteiger partial charge in [-0.05, 0) is 31.2 Å². The lowest BCUT2D eigenvalue weighted by Gasteiger charge is -2.40. The van der Waals surface area contributed by atoms with E-state index in [-0.39, 0.29) is 5.60 Å². The van der Waals surface area contributed by atoms with Crippen LogP contribution < -0.4 is 5.32 Å². The second-order valence-corrected chi connectivity index (χ2v) is 5.22. The van der Waals surface area contributed by atoms with Crippen molar-refractivity contribution in [3.8, 4) is 0 Å². The molecule has 1 heterocycles. The Morgan fingerprint density at radius 3 is 2.69 bits per heavy atom. The number of morpholine rings is 1. The standard InChI is InChI=1S/C14H19NO/c1-14(12-5-3-2-4-6-12)10-15-9-13(16-14)11-7-8-11/h2-6,11,13,15H,7-10H2,1H3. The number of benzene rings is 1. The molecular formula is C14H19NO. The summed E-state index contributed by atoms with van der Waals surface area (Å²) in [6, 6.07) is 10.6. The summed E-state index contributed by atoms with van der Waals surface area (Å²) in [5, 5.41) is 3.52. The van der Waals surface area contributed by atoms with Crippen LogP contribution in [0.5, 0.6) is 0 Å². The van der Waals surface area contributed by atoms with Gasteiger partial charge in [0.2, 0.25) is 0 Å². The molecule has 3 rings (SSSR count). The topological polar surface area (TPSA) is 21.3 Å². The molecule has 0 bridgehead atoms. The van der Waals surface area contributed by atoms with Gasteiger partial charge in [-0.3, -0.25) is 0 Å². The van der Waals surface area contributed by atoms with Crippen LogP contribution in [0.3, 0.4) is 0 Å². The van der Waals surface area contributed by atoms with Crippen molar-refractivity contribution >= 4 is 0 Å². The van der Waals surface area contributed by atoms with E-state index in [1.165, 1.54) is 18.4 Å². The Hall–Kier alpha value is -0.860. The van der Waals surface area contributed by atoms with E-state index in [1.54, 1.807) is 0 Å². The minimum Gasteiger partial charge on any atom is -0.364 e. The van der Waals surface area contributed by atoms with Crippen LogP contribution in [0.15, 0.2) is 30.3 Å². The maximum Gasteiger partial charge on any atom is 0.103 e. The van der Waals surface area contributed by atoms with Crippen molar-refractivity contribution in [2.24, 2.45) is 5.92 Å². The van der Waals surface area contributed by atoms with Gasteiger partial charge in [0, 0.05) is 13.1 Å². The molecule has 2 heteroatoms. The number of hydrogen-bond donors (Lipinski definition) is 1. The van der Waals surface area contributed by atoms with Gasteiger partial charge in [0.05, 0.1) is 6.10 Å². The molecule has 0 spiro atoms. The molecule has 1 aromatic carbocycles. The van der Waals surface area contributed by atoms with E-state index in [2.05, 4.69) is 42.6 Å². The third-order valence-electron chi connectivity index (χ3n) is 3.75. The first-order valence-corrected chi connectivity index (χ1v) is 6.22. The highest BCUT2D eigenvalue weighted by Gasteiger charge is 2.41. The van der Waals surface area contributed by atoms with Gasteiger partial charge in [-0.2, -0.15) is 0 Å². The summed E-state index contributed by atoms with van der Waals surface area (Å²) in [6.45, 7) is 4.14. The molecular weight excluding hydrogens is 198 g/mol. The smallest absolute Gasteiger partial charge is 0.103 e. The summed E-state index contributed by atoms with van der Waals surface area (Å²) in [5.74, 6) is 0.802. The molecule has 0 amide bonds. The number of ether oxygens (including phenoxy) is 1. The SMILES string of the molecule is CC1(c2ccccc2)CNCC(C2CC2)O1. The summed E-state index contributed by atoms with van der Waals surface area (Å²) in [6.07, 6.45) is 3.10. The minimum atomic E-state index is -0.146. The molecule has 1 aliphatic carbocycles. The van der Waals surface area contributed by atoms with Crippen molar-refractivity contribution in [2.45, 2.75) is 31.5 Å². The molecule has 2 aliphatic rings. The van der Waals surface area contributed by atoms with Crippen molar-refractivity contribution < 1.29 is 4.74 Å². The fourth-order valence-corrected chi connectivity index (χ4v) is 2.56. The van der Waals surface area contributed by atoms with E-state index in [4.69, 9.17) is 4.74 Å². The third-order valence-corrected chi connectivity index (χ3v) is 3.75. The largest absolute Gasteiger partial charge is 0.364 e. The van der Waals surface area contributed by atoms with Gasteiger partial charge in [-0.15, -0.1) is 0 Å². The van der Waals surface area contributed by atoms with Gasteiger partial charge >= 0.3 is 0 Å². The first-order chi connectivity index (χ1) is 7.78. The lowest BCUT2D eigenvalue weighted by molar-refractivity contribution is -0.118. The predicted molar refractivity (Wildman–Crippen MR) is 64.3 cm³/mol. The van der Waals surface area contributed by atoms with Crippen LogP contribution in [-0.2, 0) is 10.3 Å². The van der Waals surface area contributed by atoms with Crippen molar-refractivity contribution in [1.29, 1.82) is 0 Å². The molecule has 2 fully saturated rings. The zero-order valence-electron chi connectivity index (χ0n) is 9.78. The van der Waals surface area contributed by atoms with Crippen LogP contribution in [0, 0.1) is 5.92 Å². The first-order valence-electron chi connectivity index (χ1n) is 6.22. The highest BCUT2D eigenvalue weighted by Crippen LogP contribution is 2.39. The van der Waals surface area contributed by atoms with E-state index < -0.39 is 0 Å². The minimum absolute atomic E-state index is 0.146. The Kier molecular flexibility index (Phi) is 2.49. The Balaban J connectivity index is 1.81. The van der Waals surface area contributed by atoms with Gasteiger partial charge in [0.1, 0.15) is 5.60 Å². The van der Waals surface area contributed by atoms with E-state index in [1.807, 2.05) is 0 Å². The highest BCUT2D eigenvalue weighted by molar-refractivity contribution is 5.23. The molecule has 2 nitrogen and oxygen atoms in total. The molecule has 16 heavy (non-hydrogen) atoms. The second kappa shape index (κ2) is 3.86. The van der Waals surface area contributed by atoms with E-state index in [9.17, 15) is 0 Å². The van der Waals surface area contributed by atoms with Crippen LogP contribution in [-0.4, -0.2) is 19.2 Å². The summed E-state index contributed by atoms with van der Waals surface area (Å²) in [7, 11) is 0. The monoisotopic (exact) mass is 217 g/mol. The van der Waals surface area contributed by atoms with Crippen LogP contribution in [0.1, 0.15) is 25.3 Å². The van der Waals surface area contributed by atoms with Gasteiger partial charge in [0.25, 0.3) is 0 Å².